The monoisotopic (exact) mass is 539 g/mol. The van der Waals surface area contributed by atoms with E-state index in [-0.39, 0.29) is 22.5 Å². The highest BCUT2D eigenvalue weighted by Gasteiger charge is 2.36. The summed E-state index contributed by atoms with van der Waals surface area (Å²) in [5.74, 6) is 0.456. The first-order valence-corrected chi connectivity index (χ1v) is 16.2. The molecule has 6 rings (SSSR count). The van der Waals surface area contributed by atoms with Crippen LogP contribution in [0.3, 0.4) is 0 Å². The molecule has 0 aromatic heterocycles. The third kappa shape index (κ3) is 4.47. The lowest BCUT2D eigenvalue weighted by molar-refractivity contribution is 0.462. The van der Waals surface area contributed by atoms with Crippen LogP contribution in [0.5, 0.6) is 5.75 Å². The van der Waals surface area contributed by atoms with E-state index in [0.29, 0.717) is 35.3 Å². The van der Waals surface area contributed by atoms with Crippen LogP contribution in [0.4, 0.5) is 0 Å². The van der Waals surface area contributed by atoms with E-state index in [2.05, 4.69) is 12.1 Å². The molecule has 6 nitrogen and oxygen atoms in total. The molecule has 3 aliphatic rings. The van der Waals surface area contributed by atoms with Crippen LogP contribution in [0.2, 0.25) is 0 Å². The lowest BCUT2D eigenvalue weighted by Crippen LogP contribution is -2.18. The number of rotatable bonds is 6. The Labute approximate surface area is 218 Å². The zero-order valence-electron chi connectivity index (χ0n) is 20.7. The smallest absolute Gasteiger partial charge is 0.339 e. The Hall–Kier alpha value is -2.42. The first kappa shape index (κ1) is 24.9. The van der Waals surface area contributed by atoms with E-state index in [0.717, 1.165) is 73.3 Å². The van der Waals surface area contributed by atoms with Gasteiger partial charge in [0.05, 0.1) is 4.90 Å². The molecule has 0 aliphatic heterocycles. The fourth-order valence-electron chi connectivity index (χ4n) is 6.93. The van der Waals surface area contributed by atoms with Crippen LogP contribution >= 0.6 is 0 Å². The molecule has 0 heterocycles. The second-order valence-electron chi connectivity index (χ2n) is 10.8. The van der Waals surface area contributed by atoms with Gasteiger partial charge in [-0.15, -0.1) is 0 Å². The Morgan fingerprint density at radius 2 is 1.41 bits per heavy atom. The highest BCUT2D eigenvalue weighted by molar-refractivity contribution is 7.87. The third-order valence-electron chi connectivity index (χ3n) is 8.54. The van der Waals surface area contributed by atoms with Gasteiger partial charge in [0.1, 0.15) is 20.8 Å². The minimum absolute atomic E-state index is 0.141. The van der Waals surface area contributed by atoms with E-state index in [4.69, 9.17) is 4.18 Å². The van der Waals surface area contributed by atoms with Crippen LogP contribution in [0.15, 0.2) is 52.3 Å². The van der Waals surface area contributed by atoms with E-state index in [1.54, 1.807) is 0 Å². The first-order valence-electron chi connectivity index (χ1n) is 13.3. The summed E-state index contributed by atoms with van der Waals surface area (Å²) < 4.78 is 69.9. The Morgan fingerprint density at radius 1 is 0.757 bits per heavy atom. The van der Waals surface area contributed by atoms with Crippen LogP contribution in [-0.4, -0.2) is 21.4 Å². The number of hydrogen-bond donors (Lipinski definition) is 0. The third-order valence-corrected chi connectivity index (χ3v) is 10.8. The van der Waals surface area contributed by atoms with Crippen molar-refractivity contribution >= 4 is 31.0 Å². The normalized spacial score (nSPS) is 19.1. The maximum Gasteiger partial charge on any atom is 0.339 e. The summed E-state index contributed by atoms with van der Waals surface area (Å²) in [6, 6.07) is 12.6. The number of fused-ring (bicyclic) bond motifs is 2. The molecule has 0 radical (unpaired) electrons. The van der Waals surface area contributed by atoms with Crippen LogP contribution in [0.1, 0.15) is 91.9 Å². The zero-order chi connectivity index (χ0) is 25.8. The van der Waals surface area contributed by atoms with Gasteiger partial charge in [-0.25, -0.2) is 8.42 Å². The van der Waals surface area contributed by atoms with E-state index in [1.807, 2.05) is 18.2 Å². The van der Waals surface area contributed by atoms with E-state index in [9.17, 15) is 21.4 Å². The van der Waals surface area contributed by atoms with Gasteiger partial charge in [0.25, 0.3) is 0 Å². The minimum atomic E-state index is -4.66. The molecule has 3 aromatic carbocycles. The molecule has 3 aromatic rings. The van der Waals surface area contributed by atoms with Crippen molar-refractivity contribution in [3.8, 4) is 5.75 Å². The second-order valence-corrected chi connectivity index (χ2v) is 13.6. The van der Waals surface area contributed by atoms with Gasteiger partial charge in [-0.3, -0.25) is 0 Å². The predicted octanol–water partition coefficient (Wildman–Crippen LogP) is 6.32. The van der Waals surface area contributed by atoms with Gasteiger partial charge in [0, 0.05) is 5.56 Å². The molecule has 8 heteroatoms. The molecule has 0 N–H and O–H groups in total. The molecule has 2 fully saturated rings. The average molecular weight is 540 g/mol. The molecule has 2 saturated carbocycles. The number of benzene rings is 3. The molecule has 37 heavy (non-hydrogen) atoms. The SMILES string of the molecule is O=S(=O)([O-])c1ccc(OS(=O)(=O)c2c(C3CCCC3)cc3ccccc3c2C2CCCC2)c2c1CCC2. The fourth-order valence-corrected chi connectivity index (χ4v) is 9.23. The van der Waals surface area contributed by atoms with Crippen molar-refractivity contribution in [3.63, 3.8) is 0 Å². The van der Waals surface area contributed by atoms with E-state index < -0.39 is 20.2 Å². The van der Waals surface area contributed by atoms with Gasteiger partial charge in [-0.1, -0.05) is 49.9 Å². The highest BCUT2D eigenvalue weighted by Crippen LogP contribution is 2.47. The summed E-state index contributed by atoms with van der Waals surface area (Å²) in [7, 11) is -8.89. The average Bonchev–Trinajstić information content (AvgIpc) is 3.65. The van der Waals surface area contributed by atoms with Crippen LogP contribution < -0.4 is 4.18 Å². The molecular formula is C29H31O6S2-. The van der Waals surface area contributed by atoms with Crippen molar-refractivity contribution in [2.24, 2.45) is 0 Å². The van der Waals surface area contributed by atoms with Crippen LogP contribution in [0.25, 0.3) is 10.8 Å². The largest absolute Gasteiger partial charge is 0.744 e. The molecule has 0 amide bonds. The van der Waals surface area contributed by atoms with E-state index >= 15 is 0 Å². The van der Waals surface area contributed by atoms with Gasteiger partial charge in [-0.05, 0) is 102 Å². The van der Waals surface area contributed by atoms with Gasteiger partial charge >= 0.3 is 10.1 Å². The summed E-state index contributed by atoms with van der Waals surface area (Å²) in [6.45, 7) is 0. The molecular weight excluding hydrogens is 508 g/mol. The van der Waals surface area contributed by atoms with Gasteiger partial charge in [-0.2, -0.15) is 8.42 Å². The van der Waals surface area contributed by atoms with Gasteiger partial charge < -0.3 is 8.74 Å². The standard InChI is InChI=1S/C29H32O6S2/c30-36(31,32)27-17-16-26(23-14-7-15-24(23)27)35-37(33,34)29-25(19-8-1-2-9-19)18-21-12-5-6-13-22(21)28(29)20-10-3-4-11-20/h5-6,12-13,16-20H,1-4,7-11,14-15H2,(H,30,31,32)/p-1. The Balaban J connectivity index is 1.55. The fraction of sp³-hybridized carbons (Fsp3) is 0.448. The summed E-state index contributed by atoms with van der Waals surface area (Å²) in [6.07, 6.45) is 9.66. The summed E-state index contributed by atoms with van der Waals surface area (Å²) in [5, 5.41) is 2.03. The quantitative estimate of drug-likeness (QED) is 0.269. The van der Waals surface area contributed by atoms with Gasteiger partial charge in [0.15, 0.2) is 0 Å². The first-order chi connectivity index (χ1) is 17.7. The Morgan fingerprint density at radius 3 is 2.11 bits per heavy atom. The van der Waals surface area contributed by atoms with Crippen molar-refractivity contribution in [2.45, 2.75) is 92.3 Å². The molecule has 0 spiro atoms. The second kappa shape index (κ2) is 9.40. The minimum Gasteiger partial charge on any atom is -0.744 e. The van der Waals surface area contributed by atoms with Crippen molar-refractivity contribution in [1.82, 2.24) is 0 Å². The zero-order valence-corrected chi connectivity index (χ0v) is 22.4. The van der Waals surface area contributed by atoms with Crippen LogP contribution in [0, 0.1) is 0 Å². The lowest BCUT2D eigenvalue weighted by atomic mass is 9.86. The van der Waals surface area contributed by atoms with E-state index in [1.165, 1.54) is 12.1 Å². The van der Waals surface area contributed by atoms with Crippen LogP contribution in [-0.2, 0) is 33.1 Å². The van der Waals surface area contributed by atoms with Crippen molar-refractivity contribution < 1.29 is 25.6 Å². The molecule has 0 atom stereocenters. The van der Waals surface area contributed by atoms with Gasteiger partial charge in [0.2, 0.25) is 0 Å². The Kier molecular flexibility index (Phi) is 6.32. The predicted molar refractivity (Wildman–Crippen MR) is 141 cm³/mol. The van der Waals surface area contributed by atoms with Crippen molar-refractivity contribution in [1.29, 1.82) is 0 Å². The Bertz CT molecular complexity index is 1580. The summed E-state index contributed by atoms with van der Waals surface area (Å²) in [5.41, 5.74) is 2.65. The van der Waals surface area contributed by atoms with Crippen molar-refractivity contribution in [3.05, 3.63) is 64.7 Å². The summed E-state index contributed by atoms with van der Waals surface area (Å²) >= 11 is 0. The molecule has 0 unspecified atom stereocenters. The maximum absolute atomic E-state index is 14.3. The maximum atomic E-state index is 14.3. The number of hydrogen-bond acceptors (Lipinski definition) is 6. The summed E-state index contributed by atoms with van der Waals surface area (Å²) in [4.78, 5) is 0.0472. The van der Waals surface area contributed by atoms with Crippen molar-refractivity contribution in [2.75, 3.05) is 0 Å². The topological polar surface area (TPSA) is 101 Å². The molecule has 0 bridgehead atoms. The molecule has 3 aliphatic carbocycles. The lowest BCUT2D eigenvalue weighted by Gasteiger charge is -2.25. The molecule has 0 saturated heterocycles. The molecule has 196 valence electrons. The highest BCUT2D eigenvalue weighted by atomic mass is 32.2.